The highest BCUT2D eigenvalue weighted by Gasteiger charge is 2.45. The fourth-order valence-electron chi connectivity index (χ4n) is 6.26. The highest BCUT2D eigenvalue weighted by atomic mass is 35.5. The minimum absolute atomic E-state index is 0.0783. The predicted molar refractivity (Wildman–Crippen MR) is 150 cm³/mol. The second-order valence-corrected chi connectivity index (χ2v) is 13.7. The molecule has 1 aromatic heterocycles. The Bertz CT molecular complexity index is 1300. The van der Waals surface area contributed by atoms with Crippen LogP contribution in [0.15, 0.2) is 24.5 Å². The number of sulfonamides is 1. The number of halogens is 2. The molecule has 206 valence electrons. The zero-order valence-corrected chi connectivity index (χ0v) is 24.2. The highest BCUT2D eigenvalue weighted by Crippen LogP contribution is 2.42. The first-order chi connectivity index (χ1) is 18.0. The summed E-state index contributed by atoms with van der Waals surface area (Å²) in [6, 6.07) is 5.80. The van der Waals surface area contributed by atoms with Crippen molar-refractivity contribution >= 4 is 50.6 Å². The molecule has 1 aromatic carbocycles. The Morgan fingerprint density at radius 1 is 1.08 bits per heavy atom. The molecule has 5 rings (SSSR count). The van der Waals surface area contributed by atoms with Gasteiger partial charge in [-0.1, -0.05) is 23.2 Å². The Hall–Kier alpha value is -1.98. The number of carbonyl (C=O) groups excluding carboxylic acids is 1. The number of carbonyl (C=O) groups is 1. The van der Waals surface area contributed by atoms with Crippen molar-refractivity contribution in [3.8, 4) is 0 Å². The average molecular weight is 582 g/mol. The molecule has 9 nitrogen and oxygen atoms in total. The van der Waals surface area contributed by atoms with Crippen LogP contribution < -0.4 is 5.32 Å². The van der Waals surface area contributed by atoms with E-state index in [4.69, 9.17) is 23.2 Å². The third-order valence-electron chi connectivity index (χ3n) is 8.53. The normalized spacial score (nSPS) is 24.7. The zero-order valence-electron chi connectivity index (χ0n) is 21.9. The molecular formula is C26H34Cl2N6O3S. The third-order valence-corrected chi connectivity index (χ3v) is 10.6. The van der Waals surface area contributed by atoms with Crippen molar-refractivity contribution < 1.29 is 13.2 Å². The molecule has 3 atom stereocenters. The molecule has 38 heavy (non-hydrogen) atoms. The van der Waals surface area contributed by atoms with Gasteiger partial charge in [-0.15, -0.1) is 0 Å². The van der Waals surface area contributed by atoms with Gasteiger partial charge in [-0.3, -0.25) is 9.69 Å². The third kappa shape index (κ3) is 5.65. The Kier molecular flexibility index (Phi) is 7.90. The van der Waals surface area contributed by atoms with E-state index >= 15 is 0 Å². The number of nitrogens with one attached hydrogen (secondary N) is 1. The summed E-state index contributed by atoms with van der Waals surface area (Å²) in [4.78, 5) is 26.5. The van der Waals surface area contributed by atoms with Gasteiger partial charge in [0.25, 0.3) is 5.91 Å². The molecule has 2 aliphatic heterocycles. The fraction of sp³-hybridized carbons (Fsp3) is 0.577. The number of benzene rings is 1. The molecule has 1 N–H and O–H groups in total. The number of nitrogens with zero attached hydrogens (tertiary/aromatic N) is 5. The number of aromatic nitrogens is 2. The lowest BCUT2D eigenvalue weighted by atomic mass is 10.0. The fourth-order valence-corrected chi connectivity index (χ4v) is 7.27. The summed E-state index contributed by atoms with van der Waals surface area (Å²) >= 11 is 12.1. The molecule has 0 radical (unpaired) electrons. The van der Waals surface area contributed by atoms with Crippen molar-refractivity contribution in [2.24, 2.45) is 11.8 Å². The molecule has 1 saturated carbocycles. The summed E-state index contributed by atoms with van der Waals surface area (Å²) in [5, 5.41) is 4.12. The van der Waals surface area contributed by atoms with E-state index in [2.05, 4.69) is 20.2 Å². The Morgan fingerprint density at radius 2 is 1.74 bits per heavy atom. The molecule has 3 heterocycles. The number of rotatable bonds is 6. The summed E-state index contributed by atoms with van der Waals surface area (Å²) < 4.78 is 25.4. The molecule has 3 fully saturated rings. The summed E-state index contributed by atoms with van der Waals surface area (Å²) in [5.74, 6) is 1.58. The number of hydrogen-bond donors (Lipinski definition) is 1. The molecule has 3 aliphatic rings. The van der Waals surface area contributed by atoms with Crippen LogP contribution in [-0.2, 0) is 10.0 Å². The van der Waals surface area contributed by atoms with Crippen LogP contribution in [-0.4, -0.2) is 90.0 Å². The summed E-state index contributed by atoms with van der Waals surface area (Å²) in [7, 11) is -1.45. The number of likely N-dealkylation sites (tertiary alicyclic amines) is 2. The number of amides is 1. The second kappa shape index (κ2) is 10.9. The van der Waals surface area contributed by atoms with Crippen LogP contribution in [0.3, 0.4) is 0 Å². The Balaban J connectivity index is 1.16. The van der Waals surface area contributed by atoms with E-state index in [1.54, 1.807) is 29.6 Å². The molecule has 0 spiro atoms. The molecule has 2 aromatic rings. The second-order valence-electron chi connectivity index (χ2n) is 10.9. The zero-order chi connectivity index (χ0) is 27.2. The van der Waals surface area contributed by atoms with Crippen LogP contribution in [0.1, 0.15) is 41.7 Å². The number of fused-ring (bicyclic) bond motifs is 1. The summed E-state index contributed by atoms with van der Waals surface area (Å²) in [5.41, 5.74) is 1.81. The molecular weight excluding hydrogens is 547 g/mol. The van der Waals surface area contributed by atoms with E-state index in [1.165, 1.54) is 12.6 Å². The van der Waals surface area contributed by atoms with Crippen molar-refractivity contribution in [1.82, 2.24) is 24.1 Å². The topological polar surface area (TPSA) is 98.7 Å². The van der Waals surface area contributed by atoms with Crippen molar-refractivity contribution in [3.63, 3.8) is 0 Å². The summed E-state index contributed by atoms with van der Waals surface area (Å²) in [6.07, 6.45) is 6.43. The van der Waals surface area contributed by atoms with Crippen LogP contribution in [0.5, 0.6) is 0 Å². The Morgan fingerprint density at radius 3 is 2.34 bits per heavy atom. The quantitative estimate of drug-likeness (QED) is 0.550. The first-order valence-corrected chi connectivity index (χ1v) is 15.6. The van der Waals surface area contributed by atoms with Gasteiger partial charge in [0.15, 0.2) is 0 Å². The molecule has 1 aliphatic carbocycles. The van der Waals surface area contributed by atoms with Crippen molar-refractivity contribution in [2.75, 3.05) is 44.8 Å². The Labute approximate surface area is 234 Å². The van der Waals surface area contributed by atoms with E-state index in [-0.39, 0.29) is 11.9 Å². The van der Waals surface area contributed by atoms with Crippen LogP contribution >= 0.6 is 23.2 Å². The first-order valence-electron chi connectivity index (χ1n) is 13.0. The SMILES string of the molecule is Cc1c(Nc2ccc(Cl)c(Cl)c2)ncnc1C(=O)N1CCC(N2CC3CC(N(C)S(C)(=O)=O)C[C@@H]3C2)CC1. The molecule has 0 bridgehead atoms. The monoisotopic (exact) mass is 580 g/mol. The van der Waals surface area contributed by atoms with Crippen LogP contribution in [0.2, 0.25) is 10.0 Å². The first kappa shape index (κ1) is 27.6. The molecule has 1 amide bonds. The van der Waals surface area contributed by atoms with Crippen LogP contribution in [0.4, 0.5) is 11.5 Å². The highest BCUT2D eigenvalue weighted by molar-refractivity contribution is 7.88. The number of hydrogen-bond acceptors (Lipinski definition) is 7. The maximum Gasteiger partial charge on any atom is 0.272 e. The maximum atomic E-state index is 13.4. The molecule has 2 saturated heterocycles. The van der Waals surface area contributed by atoms with Gasteiger partial charge in [0.1, 0.15) is 17.8 Å². The molecule has 12 heteroatoms. The van der Waals surface area contributed by atoms with E-state index in [1.807, 2.05) is 11.8 Å². The standard InChI is InChI=1S/C26H34Cl2N6O3S/c1-16-24(29-15-30-25(16)31-19-4-5-22(27)23(28)12-19)26(35)33-8-6-20(7-9-33)34-13-17-10-21(11-18(17)14-34)32(2)38(3,36)37/h4-5,12,15,17-18,20-21H,6-11,13-14H2,1-3H3,(H,29,30,31)/t17-,18?,21?/m1/s1. The number of piperidine rings is 1. The van der Waals surface area contributed by atoms with E-state index < -0.39 is 10.0 Å². The van der Waals surface area contributed by atoms with Gasteiger partial charge < -0.3 is 10.2 Å². The average Bonchev–Trinajstić information content (AvgIpc) is 3.46. The van der Waals surface area contributed by atoms with Crippen LogP contribution in [0.25, 0.3) is 0 Å². The van der Waals surface area contributed by atoms with E-state index in [0.717, 1.165) is 44.5 Å². The lowest BCUT2D eigenvalue weighted by molar-refractivity contribution is 0.0628. The van der Waals surface area contributed by atoms with E-state index in [9.17, 15) is 13.2 Å². The lowest BCUT2D eigenvalue weighted by Crippen LogP contribution is -2.47. The van der Waals surface area contributed by atoms with Gasteiger partial charge in [-0.25, -0.2) is 22.7 Å². The maximum absolute atomic E-state index is 13.4. The molecule has 2 unspecified atom stereocenters. The van der Waals surface area contributed by atoms with Gasteiger partial charge in [0.05, 0.1) is 16.3 Å². The number of anilines is 2. The lowest BCUT2D eigenvalue weighted by Gasteiger charge is -2.37. The van der Waals surface area contributed by atoms with Crippen LogP contribution in [0, 0.1) is 18.8 Å². The van der Waals surface area contributed by atoms with Crippen molar-refractivity contribution in [1.29, 1.82) is 0 Å². The van der Waals surface area contributed by atoms with Gasteiger partial charge in [-0.2, -0.15) is 0 Å². The minimum atomic E-state index is -3.15. The predicted octanol–water partition coefficient (Wildman–Crippen LogP) is 4.04. The van der Waals surface area contributed by atoms with Crippen molar-refractivity contribution in [2.45, 2.75) is 44.7 Å². The van der Waals surface area contributed by atoms with Gasteiger partial charge in [0.2, 0.25) is 10.0 Å². The summed E-state index contributed by atoms with van der Waals surface area (Å²) in [6.45, 7) is 5.26. The van der Waals surface area contributed by atoms with Gasteiger partial charge in [0, 0.05) is 56.6 Å². The van der Waals surface area contributed by atoms with Gasteiger partial charge >= 0.3 is 0 Å². The smallest absolute Gasteiger partial charge is 0.272 e. The van der Waals surface area contributed by atoms with Gasteiger partial charge in [-0.05, 0) is 62.6 Å². The largest absolute Gasteiger partial charge is 0.340 e. The van der Waals surface area contributed by atoms with E-state index in [0.29, 0.717) is 58.1 Å². The van der Waals surface area contributed by atoms with Crippen molar-refractivity contribution in [3.05, 3.63) is 45.8 Å². The minimum Gasteiger partial charge on any atom is -0.340 e.